The molecule has 0 amide bonds. The Balaban J connectivity index is 1.88. The fourth-order valence-electron chi connectivity index (χ4n) is 3.87. The molecule has 0 spiro atoms. The number of anilines is 1. The minimum Gasteiger partial charge on any atom is -0.340 e. The fourth-order valence-corrected chi connectivity index (χ4v) is 4.39. The maximum atomic E-state index is 13.2. The number of halogens is 1. The van der Waals surface area contributed by atoms with E-state index in [2.05, 4.69) is 31.2 Å². The van der Waals surface area contributed by atoms with Gasteiger partial charge in [-0.1, -0.05) is 58.4 Å². The van der Waals surface area contributed by atoms with Crippen LogP contribution in [0.15, 0.2) is 68.2 Å². The number of H-pyrrole nitrogens is 2. The third kappa shape index (κ3) is 2.21. The average molecular weight is 422 g/mol. The molecule has 3 N–H and O–H groups in total. The summed E-state index contributed by atoms with van der Waals surface area (Å²) in [4.78, 5) is 42.7. The normalized spacial score (nSPS) is 17.2. The number of ketones is 1. The first kappa shape index (κ1) is 16.0. The lowest BCUT2D eigenvalue weighted by atomic mass is 9.82. The topological polar surface area (TPSA) is 94.8 Å². The van der Waals surface area contributed by atoms with Crippen LogP contribution in [0.25, 0.3) is 5.70 Å². The lowest BCUT2D eigenvalue weighted by Crippen LogP contribution is -2.33. The van der Waals surface area contributed by atoms with Crippen LogP contribution in [0.5, 0.6) is 0 Å². The molecule has 7 heteroatoms. The minimum absolute atomic E-state index is 0.120. The molecule has 2 aliphatic rings. The maximum absolute atomic E-state index is 13.2. The molecule has 3 aromatic rings. The third-order valence-electron chi connectivity index (χ3n) is 4.98. The highest BCUT2D eigenvalue weighted by atomic mass is 79.9. The molecule has 0 fully saturated rings. The SMILES string of the molecule is O=C1C2=C(Nc3[nH]c(=O)[nH]c(=O)c3C2c2ccccc2Br)c2ccccc21. The van der Waals surface area contributed by atoms with Gasteiger partial charge in [-0.05, 0) is 11.6 Å². The van der Waals surface area contributed by atoms with E-state index in [1.165, 1.54) is 0 Å². The number of nitrogens with one attached hydrogen (secondary N) is 3. The average Bonchev–Trinajstić information content (AvgIpc) is 2.93. The number of Topliss-reactive ketones (excluding diaryl/α,β-unsaturated/α-hetero) is 1. The molecule has 27 heavy (non-hydrogen) atoms. The van der Waals surface area contributed by atoms with Crippen molar-refractivity contribution in [1.29, 1.82) is 0 Å². The highest BCUT2D eigenvalue weighted by molar-refractivity contribution is 9.10. The number of hydrogen-bond acceptors (Lipinski definition) is 4. The quantitative estimate of drug-likeness (QED) is 0.562. The molecule has 0 saturated heterocycles. The standard InChI is InChI=1S/C20H12BrN3O3/c21-12-8-4-3-7-11(12)13-14-16(9-5-1-2-6-10(9)17(14)25)22-18-15(13)19(26)24-20(27)23-18/h1-8,13H,(H3,22,23,24,26,27). The lowest BCUT2D eigenvalue weighted by Gasteiger charge is -2.27. The molecule has 1 aliphatic heterocycles. The first-order valence-electron chi connectivity index (χ1n) is 8.32. The highest BCUT2D eigenvalue weighted by Gasteiger charge is 2.42. The molecule has 1 atom stereocenters. The van der Waals surface area contributed by atoms with E-state index in [0.717, 1.165) is 15.6 Å². The van der Waals surface area contributed by atoms with Crippen LogP contribution in [0, 0.1) is 0 Å². The van der Waals surface area contributed by atoms with Gasteiger partial charge in [-0.15, -0.1) is 0 Å². The molecule has 5 rings (SSSR count). The molecular weight excluding hydrogens is 410 g/mol. The summed E-state index contributed by atoms with van der Waals surface area (Å²) in [7, 11) is 0. The predicted molar refractivity (Wildman–Crippen MR) is 105 cm³/mol. The summed E-state index contributed by atoms with van der Waals surface area (Å²) in [5.74, 6) is -0.412. The Morgan fingerprint density at radius 3 is 2.33 bits per heavy atom. The van der Waals surface area contributed by atoms with Gasteiger partial charge in [0.15, 0.2) is 5.78 Å². The molecule has 0 saturated carbocycles. The summed E-state index contributed by atoms with van der Waals surface area (Å²) in [6.07, 6.45) is 0. The van der Waals surface area contributed by atoms with Crippen molar-refractivity contribution in [1.82, 2.24) is 9.97 Å². The van der Waals surface area contributed by atoms with Crippen molar-refractivity contribution >= 4 is 33.2 Å². The molecule has 0 radical (unpaired) electrons. The molecule has 1 aliphatic carbocycles. The van der Waals surface area contributed by atoms with E-state index in [1.54, 1.807) is 6.07 Å². The van der Waals surface area contributed by atoms with Gasteiger partial charge in [-0.2, -0.15) is 0 Å². The van der Waals surface area contributed by atoms with Crippen LogP contribution < -0.4 is 16.6 Å². The molecule has 0 bridgehead atoms. The van der Waals surface area contributed by atoms with Gasteiger partial charge >= 0.3 is 5.69 Å². The van der Waals surface area contributed by atoms with Crippen LogP contribution in [0.3, 0.4) is 0 Å². The van der Waals surface area contributed by atoms with Gasteiger partial charge in [0.05, 0.1) is 17.2 Å². The Morgan fingerprint density at radius 2 is 1.56 bits per heavy atom. The van der Waals surface area contributed by atoms with Crippen molar-refractivity contribution in [2.75, 3.05) is 5.32 Å². The Bertz CT molecular complexity index is 1290. The molecule has 2 aromatic carbocycles. The molecule has 6 nitrogen and oxygen atoms in total. The van der Waals surface area contributed by atoms with Crippen LogP contribution in [0.2, 0.25) is 0 Å². The zero-order chi connectivity index (χ0) is 18.7. The summed E-state index contributed by atoms with van der Waals surface area (Å²) >= 11 is 3.54. The van der Waals surface area contributed by atoms with Crippen molar-refractivity contribution < 1.29 is 4.79 Å². The summed E-state index contributed by atoms with van der Waals surface area (Å²) in [6, 6.07) is 14.8. The van der Waals surface area contributed by atoms with Crippen molar-refractivity contribution in [2.24, 2.45) is 0 Å². The van der Waals surface area contributed by atoms with Gasteiger partial charge in [-0.3, -0.25) is 19.6 Å². The maximum Gasteiger partial charge on any atom is 0.327 e. The second-order valence-corrected chi connectivity index (χ2v) is 7.29. The Kier molecular flexibility index (Phi) is 3.35. The summed E-state index contributed by atoms with van der Waals surface area (Å²) in [5.41, 5.74) is 2.47. The Hall–Kier alpha value is -3.19. The second kappa shape index (κ2) is 5.65. The highest BCUT2D eigenvalue weighted by Crippen LogP contribution is 2.48. The molecule has 1 aromatic heterocycles. The van der Waals surface area contributed by atoms with Crippen molar-refractivity contribution in [3.8, 4) is 0 Å². The minimum atomic E-state index is -0.604. The van der Waals surface area contributed by atoms with E-state index in [1.807, 2.05) is 42.5 Å². The Labute approximate surface area is 161 Å². The summed E-state index contributed by atoms with van der Waals surface area (Å²) in [6.45, 7) is 0. The van der Waals surface area contributed by atoms with Crippen LogP contribution in [-0.2, 0) is 0 Å². The summed E-state index contributed by atoms with van der Waals surface area (Å²) in [5, 5.41) is 3.11. The van der Waals surface area contributed by atoms with Crippen molar-refractivity contribution in [3.63, 3.8) is 0 Å². The molecule has 2 heterocycles. The Morgan fingerprint density at radius 1 is 0.852 bits per heavy atom. The van der Waals surface area contributed by atoms with Crippen molar-refractivity contribution in [2.45, 2.75) is 5.92 Å². The van der Waals surface area contributed by atoms with E-state index in [9.17, 15) is 14.4 Å². The van der Waals surface area contributed by atoms with Crippen molar-refractivity contribution in [3.05, 3.63) is 102 Å². The van der Waals surface area contributed by atoms with Gasteiger partial charge in [0, 0.05) is 21.2 Å². The van der Waals surface area contributed by atoms with Crippen LogP contribution in [0.1, 0.15) is 33.0 Å². The number of carbonyl (C=O) groups is 1. The third-order valence-corrected chi connectivity index (χ3v) is 5.70. The van der Waals surface area contributed by atoms with E-state index in [0.29, 0.717) is 28.2 Å². The largest absolute Gasteiger partial charge is 0.340 e. The van der Waals surface area contributed by atoms with Gasteiger partial charge in [0.2, 0.25) is 0 Å². The first-order chi connectivity index (χ1) is 13.1. The number of hydrogen-bond donors (Lipinski definition) is 3. The van der Waals surface area contributed by atoms with Gasteiger partial charge < -0.3 is 5.32 Å². The number of carbonyl (C=O) groups excluding carboxylic acids is 1. The van der Waals surface area contributed by atoms with E-state index in [-0.39, 0.29) is 5.78 Å². The molecular formula is C20H12BrN3O3. The van der Waals surface area contributed by atoms with Crippen LogP contribution in [0.4, 0.5) is 5.82 Å². The smallest absolute Gasteiger partial charge is 0.327 e. The van der Waals surface area contributed by atoms with E-state index < -0.39 is 17.2 Å². The number of allylic oxidation sites excluding steroid dienone is 1. The molecule has 132 valence electrons. The van der Waals surface area contributed by atoms with Crippen LogP contribution >= 0.6 is 15.9 Å². The number of aromatic nitrogens is 2. The monoisotopic (exact) mass is 421 g/mol. The van der Waals surface area contributed by atoms with E-state index in [4.69, 9.17) is 0 Å². The van der Waals surface area contributed by atoms with Crippen LogP contribution in [-0.4, -0.2) is 15.8 Å². The number of benzene rings is 2. The van der Waals surface area contributed by atoms with Gasteiger partial charge in [-0.25, -0.2) is 4.79 Å². The van der Waals surface area contributed by atoms with E-state index >= 15 is 0 Å². The number of fused-ring (bicyclic) bond motifs is 3. The molecule has 1 unspecified atom stereocenters. The van der Waals surface area contributed by atoms with Gasteiger partial charge in [0.1, 0.15) is 5.82 Å². The number of rotatable bonds is 1. The van der Waals surface area contributed by atoms with Gasteiger partial charge in [0.25, 0.3) is 5.56 Å². The fraction of sp³-hybridized carbons (Fsp3) is 0.0500. The second-order valence-electron chi connectivity index (χ2n) is 6.44. The first-order valence-corrected chi connectivity index (χ1v) is 9.12. The summed E-state index contributed by atoms with van der Waals surface area (Å²) < 4.78 is 0.782. The zero-order valence-corrected chi connectivity index (χ0v) is 15.4. The number of aromatic amines is 2. The zero-order valence-electron chi connectivity index (χ0n) is 13.8. The lowest BCUT2D eigenvalue weighted by molar-refractivity contribution is 0.103. The predicted octanol–water partition coefficient (Wildman–Crippen LogP) is 2.99.